The SMILES string of the molecule is CNCCC1(Oc2cc(C)[nH]n2)CCC1. The number of hydrogen-bond acceptors (Lipinski definition) is 3. The average molecular weight is 209 g/mol. The molecule has 0 amide bonds. The van der Waals surface area contributed by atoms with Gasteiger partial charge >= 0.3 is 0 Å². The molecule has 1 aromatic heterocycles. The summed E-state index contributed by atoms with van der Waals surface area (Å²) in [6.45, 7) is 2.99. The van der Waals surface area contributed by atoms with Crippen molar-refractivity contribution in [2.45, 2.75) is 38.2 Å². The minimum atomic E-state index is 0.0463. The zero-order valence-electron chi connectivity index (χ0n) is 9.47. The van der Waals surface area contributed by atoms with Crippen molar-refractivity contribution < 1.29 is 4.74 Å². The van der Waals surface area contributed by atoms with Crippen LogP contribution in [0.15, 0.2) is 6.07 Å². The third-order valence-electron chi connectivity index (χ3n) is 3.10. The molecule has 4 heteroatoms. The first-order valence-corrected chi connectivity index (χ1v) is 5.60. The Morgan fingerprint density at radius 2 is 2.40 bits per heavy atom. The van der Waals surface area contributed by atoms with Gasteiger partial charge in [-0.2, -0.15) is 0 Å². The summed E-state index contributed by atoms with van der Waals surface area (Å²) in [5, 5.41) is 10.2. The normalized spacial score (nSPS) is 18.5. The number of H-pyrrole nitrogens is 1. The third-order valence-corrected chi connectivity index (χ3v) is 3.10. The van der Waals surface area contributed by atoms with E-state index in [2.05, 4.69) is 15.5 Å². The Kier molecular flexibility index (Phi) is 2.95. The molecular formula is C11H19N3O. The molecule has 15 heavy (non-hydrogen) atoms. The number of aryl methyl sites for hydroxylation is 1. The Labute approximate surface area is 90.4 Å². The molecule has 0 saturated heterocycles. The van der Waals surface area contributed by atoms with Crippen LogP contribution in [0.2, 0.25) is 0 Å². The third kappa shape index (κ3) is 2.31. The van der Waals surface area contributed by atoms with Crippen LogP contribution in [0, 0.1) is 6.92 Å². The Bertz CT molecular complexity index is 317. The van der Waals surface area contributed by atoms with Gasteiger partial charge in [-0.1, -0.05) is 0 Å². The van der Waals surface area contributed by atoms with Gasteiger partial charge in [0.05, 0.1) is 0 Å². The van der Waals surface area contributed by atoms with Crippen LogP contribution in [0.1, 0.15) is 31.4 Å². The van der Waals surface area contributed by atoms with Crippen molar-refractivity contribution in [3.8, 4) is 5.88 Å². The number of hydrogen-bond donors (Lipinski definition) is 2. The first-order chi connectivity index (χ1) is 7.24. The largest absolute Gasteiger partial charge is 0.470 e. The number of nitrogens with one attached hydrogen (secondary N) is 2. The maximum atomic E-state index is 5.98. The fourth-order valence-corrected chi connectivity index (χ4v) is 1.99. The lowest BCUT2D eigenvalue weighted by atomic mass is 9.77. The van der Waals surface area contributed by atoms with Gasteiger partial charge in [0.25, 0.3) is 0 Å². The molecule has 1 heterocycles. The van der Waals surface area contributed by atoms with E-state index >= 15 is 0 Å². The second kappa shape index (κ2) is 4.23. The van der Waals surface area contributed by atoms with Crippen molar-refractivity contribution >= 4 is 0 Å². The lowest BCUT2D eigenvalue weighted by Crippen LogP contribution is -2.45. The fourth-order valence-electron chi connectivity index (χ4n) is 1.99. The molecule has 0 unspecified atom stereocenters. The van der Waals surface area contributed by atoms with Crippen LogP contribution < -0.4 is 10.1 Å². The quantitative estimate of drug-likeness (QED) is 0.775. The number of aromatic nitrogens is 2. The molecule has 0 aromatic carbocycles. The number of rotatable bonds is 5. The van der Waals surface area contributed by atoms with Crippen molar-refractivity contribution in [2.24, 2.45) is 0 Å². The van der Waals surface area contributed by atoms with Gasteiger partial charge < -0.3 is 10.1 Å². The molecule has 0 radical (unpaired) electrons. The van der Waals surface area contributed by atoms with E-state index in [4.69, 9.17) is 4.74 Å². The van der Waals surface area contributed by atoms with E-state index in [0.717, 1.165) is 37.4 Å². The van der Waals surface area contributed by atoms with E-state index < -0.39 is 0 Å². The zero-order valence-corrected chi connectivity index (χ0v) is 9.47. The summed E-state index contributed by atoms with van der Waals surface area (Å²) in [4.78, 5) is 0. The second-order valence-electron chi connectivity index (χ2n) is 4.38. The predicted molar refractivity (Wildman–Crippen MR) is 59.1 cm³/mol. The first kappa shape index (κ1) is 10.5. The van der Waals surface area contributed by atoms with Gasteiger partial charge in [0, 0.05) is 11.8 Å². The van der Waals surface area contributed by atoms with E-state index in [0.29, 0.717) is 0 Å². The monoisotopic (exact) mass is 209 g/mol. The van der Waals surface area contributed by atoms with Crippen LogP contribution in [0.4, 0.5) is 0 Å². The highest BCUT2D eigenvalue weighted by Crippen LogP contribution is 2.38. The standard InChI is InChI=1S/C11H19N3O/c1-9-8-10(14-13-9)15-11(4-3-5-11)6-7-12-2/h8,12H,3-7H2,1-2H3,(H,13,14). The highest BCUT2D eigenvalue weighted by Gasteiger charge is 2.39. The molecule has 0 bridgehead atoms. The van der Waals surface area contributed by atoms with E-state index in [-0.39, 0.29) is 5.60 Å². The molecule has 1 aliphatic rings. The molecule has 1 saturated carbocycles. The summed E-state index contributed by atoms with van der Waals surface area (Å²) in [7, 11) is 1.98. The minimum absolute atomic E-state index is 0.0463. The Hall–Kier alpha value is -1.03. The predicted octanol–water partition coefficient (Wildman–Crippen LogP) is 1.63. The second-order valence-corrected chi connectivity index (χ2v) is 4.38. The topological polar surface area (TPSA) is 49.9 Å². The molecular weight excluding hydrogens is 190 g/mol. The van der Waals surface area contributed by atoms with Crippen molar-refractivity contribution in [1.82, 2.24) is 15.5 Å². The summed E-state index contributed by atoms with van der Waals surface area (Å²) in [6, 6.07) is 1.96. The van der Waals surface area contributed by atoms with Gasteiger partial charge in [-0.25, -0.2) is 0 Å². The van der Waals surface area contributed by atoms with E-state index in [9.17, 15) is 0 Å². The van der Waals surface area contributed by atoms with E-state index in [1.165, 1.54) is 6.42 Å². The number of ether oxygens (including phenoxy) is 1. The lowest BCUT2D eigenvalue weighted by molar-refractivity contribution is -0.0175. The average Bonchev–Trinajstić information content (AvgIpc) is 2.56. The Morgan fingerprint density at radius 3 is 2.87 bits per heavy atom. The molecule has 0 spiro atoms. The van der Waals surface area contributed by atoms with Crippen LogP contribution >= 0.6 is 0 Å². The molecule has 0 atom stereocenters. The minimum Gasteiger partial charge on any atom is -0.470 e. The molecule has 4 nitrogen and oxygen atoms in total. The van der Waals surface area contributed by atoms with E-state index in [1.54, 1.807) is 0 Å². The highest BCUT2D eigenvalue weighted by molar-refractivity contribution is 5.14. The smallest absolute Gasteiger partial charge is 0.233 e. The summed E-state index contributed by atoms with van der Waals surface area (Å²) >= 11 is 0. The van der Waals surface area contributed by atoms with Crippen LogP contribution in [-0.4, -0.2) is 29.4 Å². The van der Waals surface area contributed by atoms with E-state index in [1.807, 2.05) is 20.0 Å². The van der Waals surface area contributed by atoms with Crippen LogP contribution in [0.5, 0.6) is 5.88 Å². The summed E-state index contributed by atoms with van der Waals surface area (Å²) in [6.07, 6.45) is 4.64. The van der Waals surface area contributed by atoms with Crippen LogP contribution in [0.25, 0.3) is 0 Å². The van der Waals surface area contributed by atoms with Crippen LogP contribution in [0.3, 0.4) is 0 Å². The Balaban J connectivity index is 1.95. The van der Waals surface area contributed by atoms with Gasteiger partial charge in [-0.05, 0) is 46.2 Å². The Morgan fingerprint density at radius 1 is 1.60 bits per heavy atom. The fraction of sp³-hybridized carbons (Fsp3) is 0.727. The molecule has 1 aliphatic carbocycles. The lowest BCUT2D eigenvalue weighted by Gasteiger charge is -2.41. The summed E-state index contributed by atoms with van der Waals surface area (Å²) < 4.78 is 5.98. The number of nitrogens with zero attached hydrogens (tertiary/aromatic N) is 1. The molecule has 2 rings (SSSR count). The van der Waals surface area contributed by atoms with Crippen molar-refractivity contribution in [2.75, 3.05) is 13.6 Å². The van der Waals surface area contributed by atoms with Crippen molar-refractivity contribution in [3.63, 3.8) is 0 Å². The first-order valence-electron chi connectivity index (χ1n) is 5.60. The van der Waals surface area contributed by atoms with Crippen LogP contribution in [-0.2, 0) is 0 Å². The zero-order chi connectivity index (χ0) is 10.7. The van der Waals surface area contributed by atoms with Crippen molar-refractivity contribution in [3.05, 3.63) is 11.8 Å². The van der Waals surface area contributed by atoms with Gasteiger partial charge in [-0.3, -0.25) is 5.10 Å². The molecule has 84 valence electrons. The summed E-state index contributed by atoms with van der Waals surface area (Å²) in [5.74, 6) is 0.739. The van der Waals surface area contributed by atoms with Gasteiger partial charge in [0.1, 0.15) is 5.60 Å². The molecule has 1 fully saturated rings. The van der Waals surface area contributed by atoms with Gasteiger partial charge in [-0.15, -0.1) is 5.10 Å². The summed E-state index contributed by atoms with van der Waals surface area (Å²) in [5.41, 5.74) is 1.10. The molecule has 0 aliphatic heterocycles. The van der Waals surface area contributed by atoms with Crippen molar-refractivity contribution in [1.29, 1.82) is 0 Å². The number of aromatic amines is 1. The molecule has 2 N–H and O–H groups in total. The highest BCUT2D eigenvalue weighted by atomic mass is 16.5. The van der Waals surface area contributed by atoms with Gasteiger partial charge in [0.2, 0.25) is 5.88 Å². The molecule has 1 aromatic rings. The maximum absolute atomic E-state index is 5.98. The maximum Gasteiger partial charge on any atom is 0.233 e. The van der Waals surface area contributed by atoms with Gasteiger partial charge in [0.15, 0.2) is 0 Å².